The van der Waals surface area contributed by atoms with E-state index in [1.165, 1.54) is 4.68 Å². The molecule has 3 rings (SSSR count). The van der Waals surface area contributed by atoms with Crippen LogP contribution in [0.5, 0.6) is 11.5 Å². The third-order valence-electron chi connectivity index (χ3n) is 4.00. The fourth-order valence-corrected chi connectivity index (χ4v) is 3.07. The highest BCUT2D eigenvalue weighted by atomic mass is 79.9. The van der Waals surface area contributed by atoms with E-state index in [0.29, 0.717) is 41.3 Å². The molecule has 1 heterocycles. The molecule has 2 aromatic carbocycles. The van der Waals surface area contributed by atoms with Gasteiger partial charge in [0.2, 0.25) is 0 Å². The Bertz CT molecular complexity index is 1060. The van der Waals surface area contributed by atoms with Gasteiger partial charge in [-0.05, 0) is 48.9 Å². The summed E-state index contributed by atoms with van der Waals surface area (Å²) in [6, 6.07) is 11.0. The van der Waals surface area contributed by atoms with Crippen LogP contribution in [0.4, 0.5) is 0 Å². The van der Waals surface area contributed by atoms with Crippen molar-refractivity contribution in [3.63, 3.8) is 0 Å². The largest absolute Gasteiger partial charge is 0.493 e. The van der Waals surface area contributed by atoms with Crippen LogP contribution >= 0.6 is 15.9 Å². The van der Waals surface area contributed by atoms with Crippen molar-refractivity contribution in [1.29, 1.82) is 0 Å². The first-order valence-corrected chi connectivity index (χ1v) is 9.43. The molecule has 0 atom stereocenters. The summed E-state index contributed by atoms with van der Waals surface area (Å²) in [5, 5.41) is 4.90. The molecule has 27 heavy (non-hydrogen) atoms. The Balaban J connectivity index is 2.05. The number of ether oxygens (including phenoxy) is 2. The average Bonchev–Trinajstić information content (AvgIpc) is 2.68. The number of aromatic nitrogens is 2. The summed E-state index contributed by atoms with van der Waals surface area (Å²) in [4.78, 5) is 17.5. The van der Waals surface area contributed by atoms with E-state index < -0.39 is 0 Å². The Hall–Kier alpha value is -2.67. The van der Waals surface area contributed by atoms with E-state index in [1.54, 1.807) is 19.4 Å². The molecule has 1 aromatic heterocycles. The maximum absolute atomic E-state index is 12.9. The fraction of sp³-hybridized carbons (Fsp3) is 0.250. The first kappa shape index (κ1) is 19.1. The van der Waals surface area contributed by atoms with Gasteiger partial charge in [0.25, 0.3) is 5.56 Å². The monoisotopic (exact) mass is 429 g/mol. The molecule has 0 aliphatic rings. The van der Waals surface area contributed by atoms with Crippen LogP contribution in [0.2, 0.25) is 0 Å². The number of aryl methyl sites for hydroxylation is 1. The molecule has 0 bridgehead atoms. The second-order valence-electron chi connectivity index (χ2n) is 5.75. The molecule has 140 valence electrons. The van der Waals surface area contributed by atoms with Crippen molar-refractivity contribution < 1.29 is 9.47 Å². The van der Waals surface area contributed by atoms with Gasteiger partial charge in [-0.2, -0.15) is 9.78 Å². The molecule has 0 fully saturated rings. The van der Waals surface area contributed by atoms with Gasteiger partial charge in [0, 0.05) is 10.9 Å². The van der Waals surface area contributed by atoms with Crippen LogP contribution in [0.1, 0.15) is 25.2 Å². The number of nitrogens with zero attached hydrogens (tertiary/aromatic N) is 3. The van der Waals surface area contributed by atoms with Gasteiger partial charge in [-0.15, -0.1) is 0 Å². The summed E-state index contributed by atoms with van der Waals surface area (Å²) in [5.74, 6) is 1.88. The molecule has 3 aromatic rings. The van der Waals surface area contributed by atoms with Gasteiger partial charge >= 0.3 is 0 Å². The molecular formula is C20H20BrN3O3. The molecule has 0 aliphatic carbocycles. The Kier molecular flexibility index (Phi) is 5.91. The molecule has 0 aliphatic heterocycles. The van der Waals surface area contributed by atoms with Crippen LogP contribution in [0.25, 0.3) is 10.9 Å². The zero-order valence-electron chi connectivity index (χ0n) is 15.4. The number of rotatable bonds is 6. The van der Waals surface area contributed by atoms with Crippen molar-refractivity contribution in [1.82, 2.24) is 9.66 Å². The van der Waals surface area contributed by atoms with Crippen molar-refractivity contribution in [2.75, 3.05) is 13.7 Å². The number of hydrogen-bond donors (Lipinski definition) is 0. The minimum atomic E-state index is -0.202. The number of fused-ring (bicyclic) bond motifs is 1. The van der Waals surface area contributed by atoms with Gasteiger partial charge in [-0.1, -0.05) is 22.9 Å². The summed E-state index contributed by atoms with van der Waals surface area (Å²) in [6.07, 6.45) is 2.20. The van der Waals surface area contributed by atoms with E-state index in [0.717, 1.165) is 10.0 Å². The number of halogens is 1. The van der Waals surface area contributed by atoms with Crippen LogP contribution in [0.15, 0.2) is 50.8 Å². The topological polar surface area (TPSA) is 65.7 Å². The molecule has 7 heteroatoms. The fourth-order valence-electron chi connectivity index (χ4n) is 2.71. The normalized spacial score (nSPS) is 11.3. The number of benzene rings is 2. The smallest absolute Gasteiger partial charge is 0.282 e. The number of methoxy groups -OCH3 is 1. The second-order valence-corrected chi connectivity index (χ2v) is 6.66. The van der Waals surface area contributed by atoms with Crippen LogP contribution in [0, 0.1) is 0 Å². The summed E-state index contributed by atoms with van der Waals surface area (Å²) in [6.45, 7) is 4.41. The number of hydrogen-bond acceptors (Lipinski definition) is 5. The van der Waals surface area contributed by atoms with Crippen molar-refractivity contribution in [3.8, 4) is 11.5 Å². The summed E-state index contributed by atoms with van der Waals surface area (Å²) < 4.78 is 13.0. The first-order valence-electron chi connectivity index (χ1n) is 8.63. The second kappa shape index (κ2) is 8.35. The minimum Gasteiger partial charge on any atom is -0.493 e. The zero-order chi connectivity index (χ0) is 19.4. The summed E-state index contributed by atoms with van der Waals surface area (Å²) in [5.41, 5.74) is 1.25. The van der Waals surface area contributed by atoms with Crippen LogP contribution in [0.3, 0.4) is 0 Å². The molecule has 0 saturated heterocycles. The Morgan fingerprint density at radius 1 is 1.19 bits per heavy atom. The third-order valence-corrected chi connectivity index (χ3v) is 4.49. The molecule has 6 nitrogen and oxygen atoms in total. The third kappa shape index (κ3) is 4.03. The summed E-state index contributed by atoms with van der Waals surface area (Å²) in [7, 11) is 1.59. The van der Waals surface area contributed by atoms with Crippen molar-refractivity contribution >= 4 is 33.0 Å². The van der Waals surface area contributed by atoms with E-state index in [9.17, 15) is 4.79 Å². The Morgan fingerprint density at radius 3 is 2.70 bits per heavy atom. The Morgan fingerprint density at radius 2 is 2.00 bits per heavy atom. The zero-order valence-corrected chi connectivity index (χ0v) is 17.0. The van der Waals surface area contributed by atoms with E-state index >= 15 is 0 Å². The van der Waals surface area contributed by atoms with Crippen molar-refractivity contribution in [3.05, 3.63) is 62.6 Å². The van der Waals surface area contributed by atoms with Gasteiger partial charge in [0.05, 0.1) is 30.8 Å². The van der Waals surface area contributed by atoms with Gasteiger partial charge in [-0.3, -0.25) is 4.79 Å². The highest BCUT2D eigenvalue weighted by molar-refractivity contribution is 9.10. The van der Waals surface area contributed by atoms with Crippen LogP contribution < -0.4 is 15.0 Å². The molecule has 0 unspecified atom stereocenters. The van der Waals surface area contributed by atoms with Gasteiger partial charge in [0.15, 0.2) is 11.5 Å². The SMILES string of the molecule is CCOc1ccc(C=Nn2c(CC)nc3ccc(Br)cc3c2=O)cc1OC. The highest BCUT2D eigenvalue weighted by Gasteiger charge is 2.10. The lowest BCUT2D eigenvalue weighted by molar-refractivity contribution is 0.311. The van der Waals surface area contributed by atoms with E-state index in [4.69, 9.17) is 9.47 Å². The predicted octanol–water partition coefficient (Wildman–Crippen LogP) is 4.01. The lowest BCUT2D eigenvalue weighted by Gasteiger charge is -2.10. The van der Waals surface area contributed by atoms with Crippen molar-refractivity contribution in [2.45, 2.75) is 20.3 Å². The van der Waals surface area contributed by atoms with E-state index in [1.807, 2.05) is 44.2 Å². The van der Waals surface area contributed by atoms with Crippen LogP contribution in [-0.4, -0.2) is 29.6 Å². The first-order chi connectivity index (χ1) is 13.1. The highest BCUT2D eigenvalue weighted by Crippen LogP contribution is 2.27. The van der Waals surface area contributed by atoms with Gasteiger partial charge < -0.3 is 9.47 Å². The van der Waals surface area contributed by atoms with E-state index in [2.05, 4.69) is 26.0 Å². The quantitative estimate of drug-likeness (QED) is 0.555. The standard InChI is InChI=1S/C20H20BrN3O3/c1-4-19-23-16-8-7-14(21)11-15(16)20(25)24(19)22-12-13-6-9-17(27-5-2)18(10-13)26-3/h6-12H,4-5H2,1-3H3. The summed E-state index contributed by atoms with van der Waals surface area (Å²) >= 11 is 3.40. The van der Waals surface area contributed by atoms with Crippen LogP contribution in [-0.2, 0) is 6.42 Å². The maximum atomic E-state index is 12.9. The lowest BCUT2D eigenvalue weighted by atomic mass is 10.2. The van der Waals surface area contributed by atoms with E-state index in [-0.39, 0.29) is 5.56 Å². The van der Waals surface area contributed by atoms with Crippen molar-refractivity contribution in [2.24, 2.45) is 5.10 Å². The predicted molar refractivity (Wildman–Crippen MR) is 110 cm³/mol. The lowest BCUT2D eigenvalue weighted by Crippen LogP contribution is -2.22. The maximum Gasteiger partial charge on any atom is 0.282 e. The molecular weight excluding hydrogens is 410 g/mol. The average molecular weight is 430 g/mol. The molecule has 0 amide bonds. The minimum absolute atomic E-state index is 0.202. The molecule has 0 N–H and O–H groups in total. The molecule has 0 radical (unpaired) electrons. The molecule has 0 spiro atoms. The Labute approximate surface area is 165 Å². The molecule has 0 saturated carbocycles. The van der Waals surface area contributed by atoms with Gasteiger partial charge in [0.1, 0.15) is 5.82 Å². The van der Waals surface area contributed by atoms with Gasteiger partial charge in [-0.25, -0.2) is 4.98 Å².